The number of methoxy groups -OCH3 is 1. The van der Waals surface area contributed by atoms with Crippen molar-refractivity contribution in [3.63, 3.8) is 0 Å². The molecule has 5 heteroatoms. The predicted molar refractivity (Wildman–Crippen MR) is 74.3 cm³/mol. The third-order valence-corrected chi connectivity index (χ3v) is 3.17. The minimum atomic E-state index is -0.437. The molecule has 5 nitrogen and oxygen atoms in total. The Morgan fingerprint density at radius 1 is 1.35 bits per heavy atom. The van der Waals surface area contributed by atoms with Crippen LogP contribution in [0.4, 0.5) is 0 Å². The molecule has 0 fully saturated rings. The van der Waals surface area contributed by atoms with E-state index in [0.717, 1.165) is 22.1 Å². The summed E-state index contributed by atoms with van der Waals surface area (Å²) >= 11 is 0. The number of hydrogen-bond acceptors (Lipinski definition) is 4. The minimum Gasteiger partial charge on any atom is -0.468 e. The number of rotatable bonds is 4. The van der Waals surface area contributed by atoms with E-state index < -0.39 is 5.97 Å². The standard InChI is InChI=1S/C15H17NO4/c1-10-4-5-12-11(9-20-13(12)6-10)7-14(17)16(2)8-15(18)19-3/h4-6,9H,7-8H2,1-3H3. The molecule has 20 heavy (non-hydrogen) atoms. The highest BCUT2D eigenvalue weighted by Crippen LogP contribution is 2.23. The van der Waals surface area contributed by atoms with Crippen molar-refractivity contribution in [3.05, 3.63) is 35.6 Å². The van der Waals surface area contributed by atoms with E-state index >= 15 is 0 Å². The number of amides is 1. The maximum Gasteiger partial charge on any atom is 0.325 e. The van der Waals surface area contributed by atoms with Crippen molar-refractivity contribution in [2.24, 2.45) is 0 Å². The molecule has 106 valence electrons. The highest BCUT2D eigenvalue weighted by atomic mass is 16.5. The lowest BCUT2D eigenvalue weighted by Crippen LogP contribution is -2.33. The lowest BCUT2D eigenvalue weighted by Gasteiger charge is -2.15. The van der Waals surface area contributed by atoms with Gasteiger partial charge < -0.3 is 14.1 Å². The van der Waals surface area contributed by atoms with Crippen molar-refractivity contribution in [2.75, 3.05) is 20.7 Å². The zero-order chi connectivity index (χ0) is 14.7. The van der Waals surface area contributed by atoms with Crippen molar-refractivity contribution in [2.45, 2.75) is 13.3 Å². The molecule has 2 aromatic rings. The van der Waals surface area contributed by atoms with Crippen LogP contribution >= 0.6 is 0 Å². The molecule has 1 heterocycles. The summed E-state index contributed by atoms with van der Waals surface area (Å²) < 4.78 is 9.99. The fourth-order valence-corrected chi connectivity index (χ4v) is 1.97. The fourth-order valence-electron chi connectivity index (χ4n) is 1.97. The Kier molecular flexibility index (Phi) is 4.08. The number of carbonyl (C=O) groups is 2. The number of benzene rings is 1. The van der Waals surface area contributed by atoms with Crippen molar-refractivity contribution >= 4 is 22.8 Å². The van der Waals surface area contributed by atoms with Gasteiger partial charge >= 0.3 is 5.97 Å². The smallest absolute Gasteiger partial charge is 0.325 e. The summed E-state index contributed by atoms with van der Waals surface area (Å²) in [6.45, 7) is 1.93. The summed E-state index contributed by atoms with van der Waals surface area (Å²) in [7, 11) is 2.87. The molecular formula is C15H17NO4. The van der Waals surface area contributed by atoms with Gasteiger partial charge in [-0.1, -0.05) is 12.1 Å². The number of fused-ring (bicyclic) bond motifs is 1. The van der Waals surface area contributed by atoms with Gasteiger partial charge in [0.15, 0.2) is 0 Å². The average Bonchev–Trinajstić information content (AvgIpc) is 2.80. The fraction of sp³-hybridized carbons (Fsp3) is 0.333. The molecule has 0 atom stereocenters. The Morgan fingerprint density at radius 3 is 2.80 bits per heavy atom. The number of aryl methyl sites for hydroxylation is 1. The van der Waals surface area contributed by atoms with Crippen molar-refractivity contribution in [1.82, 2.24) is 4.90 Å². The van der Waals surface area contributed by atoms with Crippen molar-refractivity contribution < 1.29 is 18.7 Å². The number of esters is 1. The Bertz CT molecular complexity index is 644. The maximum atomic E-state index is 12.0. The summed E-state index contributed by atoms with van der Waals surface area (Å²) in [5, 5.41) is 0.926. The Hall–Kier alpha value is -2.30. The summed E-state index contributed by atoms with van der Waals surface area (Å²) in [6, 6.07) is 5.85. The third-order valence-electron chi connectivity index (χ3n) is 3.17. The van der Waals surface area contributed by atoms with Crippen LogP contribution in [0.25, 0.3) is 11.0 Å². The molecule has 0 saturated heterocycles. The largest absolute Gasteiger partial charge is 0.468 e. The first-order valence-electron chi connectivity index (χ1n) is 6.28. The van der Waals surface area contributed by atoms with E-state index in [4.69, 9.17) is 4.42 Å². The van der Waals surface area contributed by atoms with Crippen LogP contribution in [0.1, 0.15) is 11.1 Å². The second kappa shape index (κ2) is 5.77. The zero-order valence-corrected chi connectivity index (χ0v) is 11.8. The lowest BCUT2D eigenvalue weighted by atomic mass is 10.1. The average molecular weight is 275 g/mol. The Balaban J connectivity index is 2.12. The maximum absolute atomic E-state index is 12.0. The molecule has 0 unspecified atom stereocenters. The first-order valence-corrected chi connectivity index (χ1v) is 6.28. The van der Waals surface area contributed by atoms with Crippen LogP contribution in [0.3, 0.4) is 0 Å². The normalized spacial score (nSPS) is 10.6. The Labute approximate surface area is 117 Å². The number of carbonyl (C=O) groups excluding carboxylic acids is 2. The van der Waals surface area contributed by atoms with Gasteiger partial charge in [-0.25, -0.2) is 0 Å². The lowest BCUT2D eigenvalue weighted by molar-refractivity contribution is -0.145. The summed E-state index contributed by atoms with van der Waals surface area (Å²) in [5.41, 5.74) is 2.69. The predicted octanol–water partition coefficient (Wildman–Crippen LogP) is 1.92. The van der Waals surface area contributed by atoms with Crippen LogP contribution in [-0.4, -0.2) is 37.5 Å². The molecule has 1 aromatic heterocycles. The summed E-state index contributed by atoms with van der Waals surface area (Å²) in [5.74, 6) is -0.591. The van der Waals surface area contributed by atoms with E-state index in [1.165, 1.54) is 12.0 Å². The number of nitrogens with zero attached hydrogens (tertiary/aromatic N) is 1. The van der Waals surface area contributed by atoms with Crippen LogP contribution in [0.15, 0.2) is 28.9 Å². The molecule has 2 rings (SSSR count). The topological polar surface area (TPSA) is 59.8 Å². The molecule has 0 bridgehead atoms. The van der Waals surface area contributed by atoms with Crippen molar-refractivity contribution in [3.8, 4) is 0 Å². The molecule has 0 saturated carbocycles. The van der Waals surface area contributed by atoms with Gasteiger partial charge in [-0.05, 0) is 18.6 Å². The van der Waals surface area contributed by atoms with Crippen LogP contribution < -0.4 is 0 Å². The summed E-state index contributed by atoms with van der Waals surface area (Å²) in [6.07, 6.45) is 1.79. The van der Waals surface area contributed by atoms with Gasteiger partial charge in [0.1, 0.15) is 12.1 Å². The molecule has 0 aliphatic rings. The number of hydrogen-bond donors (Lipinski definition) is 0. The van der Waals surface area contributed by atoms with E-state index in [1.807, 2.05) is 25.1 Å². The molecule has 0 aliphatic heterocycles. The summed E-state index contributed by atoms with van der Waals surface area (Å²) in [4.78, 5) is 24.5. The van der Waals surface area contributed by atoms with Crippen LogP contribution in [0, 0.1) is 6.92 Å². The second-order valence-electron chi connectivity index (χ2n) is 4.76. The number of furan rings is 1. The first-order chi connectivity index (χ1) is 9.51. The minimum absolute atomic E-state index is 0.0514. The van der Waals surface area contributed by atoms with Crippen LogP contribution in [0.5, 0.6) is 0 Å². The van der Waals surface area contributed by atoms with Gasteiger partial charge in [-0.2, -0.15) is 0 Å². The molecule has 1 aromatic carbocycles. The van der Waals surface area contributed by atoms with Gasteiger partial charge in [0.2, 0.25) is 5.91 Å². The van der Waals surface area contributed by atoms with E-state index in [-0.39, 0.29) is 18.9 Å². The van der Waals surface area contributed by atoms with Crippen molar-refractivity contribution in [1.29, 1.82) is 0 Å². The monoisotopic (exact) mass is 275 g/mol. The molecular weight excluding hydrogens is 258 g/mol. The van der Waals surface area contributed by atoms with E-state index in [1.54, 1.807) is 13.3 Å². The highest BCUT2D eigenvalue weighted by molar-refractivity contribution is 5.89. The first kappa shape index (κ1) is 14.1. The van der Waals surface area contributed by atoms with E-state index in [9.17, 15) is 9.59 Å². The Morgan fingerprint density at radius 2 is 2.10 bits per heavy atom. The number of likely N-dealkylation sites (N-methyl/N-ethyl adjacent to an activating group) is 1. The zero-order valence-electron chi connectivity index (χ0n) is 11.8. The van der Waals surface area contributed by atoms with Gasteiger partial charge in [0.05, 0.1) is 19.8 Å². The van der Waals surface area contributed by atoms with Gasteiger partial charge in [0.25, 0.3) is 0 Å². The van der Waals surface area contributed by atoms with Gasteiger partial charge in [-0.3, -0.25) is 9.59 Å². The SMILES string of the molecule is COC(=O)CN(C)C(=O)Cc1coc2cc(C)ccc12. The van der Waals surface area contributed by atoms with Crippen LogP contribution in [0.2, 0.25) is 0 Å². The second-order valence-corrected chi connectivity index (χ2v) is 4.76. The highest BCUT2D eigenvalue weighted by Gasteiger charge is 2.16. The van der Waals surface area contributed by atoms with Crippen LogP contribution in [-0.2, 0) is 20.7 Å². The molecule has 0 spiro atoms. The quantitative estimate of drug-likeness (QED) is 0.800. The molecule has 1 amide bonds. The van der Waals surface area contributed by atoms with E-state index in [0.29, 0.717) is 0 Å². The molecule has 0 radical (unpaired) electrons. The number of ether oxygens (including phenoxy) is 1. The molecule has 0 N–H and O–H groups in total. The third kappa shape index (κ3) is 2.99. The van der Waals surface area contributed by atoms with Gasteiger partial charge in [-0.15, -0.1) is 0 Å². The van der Waals surface area contributed by atoms with E-state index in [2.05, 4.69) is 4.74 Å². The molecule has 0 aliphatic carbocycles. The van der Waals surface area contributed by atoms with Gasteiger partial charge in [0, 0.05) is 18.0 Å².